The quantitative estimate of drug-likeness (QED) is 0.780. The summed E-state index contributed by atoms with van der Waals surface area (Å²) in [5.74, 6) is 0. The molecule has 0 spiro atoms. The van der Waals surface area contributed by atoms with Gasteiger partial charge in [-0.1, -0.05) is 0 Å². The largest absolute Gasteiger partial charge is 0.453 e. The molecule has 0 bridgehead atoms. The van der Waals surface area contributed by atoms with Crippen LogP contribution in [0.15, 0.2) is 24.3 Å². The molecule has 1 fully saturated rings. The molecule has 0 aliphatic carbocycles. The first-order chi connectivity index (χ1) is 10.7. The Labute approximate surface area is 129 Å². The van der Waals surface area contributed by atoms with Crippen molar-refractivity contribution >= 4 is 23.5 Å². The summed E-state index contributed by atoms with van der Waals surface area (Å²) in [6, 6.07) is 6.50. The number of carbonyl (C=O) groups is 2. The van der Waals surface area contributed by atoms with Gasteiger partial charge in [-0.05, 0) is 43.5 Å². The van der Waals surface area contributed by atoms with E-state index in [1.54, 1.807) is 24.3 Å². The zero-order valence-corrected chi connectivity index (χ0v) is 12.6. The van der Waals surface area contributed by atoms with Gasteiger partial charge < -0.3 is 20.1 Å². The normalized spacial score (nSPS) is 16.9. The van der Waals surface area contributed by atoms with Crippen LogP contribution in [0.4, 0.5) is 21.0 Å². The van der Waals surface area contributed by atoms with E-state index in [0.717, 1.165) is 25.9 Å². The predicted octanol–water partition coefficient (Wildman–Crippen LogP) is 2.56. The Morgan fingerprint density at radius 1 is 1.23 bits per heavy atom. The fraction of sp³-hybridized carbons (Fsp3) is 0.467. The fourth-order valence-corrected chi connectivity index (χ4v) is 2.20. The van der Waals surface area contributed by atoms with E-state index in [9.17, 15) is 9.59 Å². The second-order valence-electron chi connectivity index (χ2n) is 5.00. The van der Waals surface area contributed by atoms with E-state index in [1.807, 2.05) is 0 Å². The molecule has 0 aromatic heterocycles. The Kier molecular flexibility index (Phi) is 6.02. The third-order valence-electron chi connectivity index (χ3n) is 3.35. The maximum Gasteiger partial charge on any atom is 0.411 e. The van der Waals surface area contributed by atoms with Crippen molar-refractivity contribution in [2.75, 3.05) is 30.9 Å². The molecule has 1 atom stereocenters. The molecule has 0 radical (unpaired) electrons. The molecule has 120 valence electrons. The van der Waals surface area contributed by atoms with E-state index in [2.05, 4.69) is 20.7 Å². The maximum absolute atomic E-state index is 11.7. The highest BCUT2D eigenvalue weighted by Gasteiger charge is 2.15. The molecule has 1 aromatic carbocycles. The number of methoxy groups -OCH3 is 1. The second kappa shape index (κ2) is 8.23. The maximum atomic E-state index is 11.7. The zero-order chi connectivity index (χ0) is 15.8. The lowest BCUT2D eigenvalue weighted by Gasteiger charge is -2.11. The number of hydrogen-bond acceptors (Lipinski definition) is 4. The van der Waals surface area contributed by atoms with Gasteiger partial charge in [0.1, 0.15) is 0 Å². The molecule has 1 aliphatic rings. The van der Waals surface area contributed by atoms with E-state index in [4.69, 9.17) is 4.74 Å². The Morgan fingerprint density at radius 3 is 2.50 bits per heavy atom. The number of benzene rings is 1. The highest BCUT2D eigenvalue weighted by Crippen LogP contribution is 2.15. The molecule has 0 unspecified atom stereocenters. The first-order valence-electron chi connectivity index (χ1n) is 7.29. The van der Waals surface area contributed by atoms with Gasteiger partial charge in [-0.3, -0.25) is 5.32 Å². The Bertz CT molecular complexity index is 498. The number of hydrogen-bond donors (Lipinski definition) is 3. The van der Waals surface area contributed by atoms with Gasteiger partial charge >= 0.3 is 12.1 Å². The first-order valence-corrected chi connectivity index (χ1v) is 7.29. The number of rotatable bonds is 5. The lowest BCUT2D eigenvalue weighted by molar-refractivity contribution is 0.105. The van der Waals surface area contributed by atoms with Crippen LogP contribution in [0.5, 0.6) is 0 Å². The van der Waals surface area contributed by atoms with Crippen molar-refractivity contribution < 1.29 is 19.1 Å². The van der Waals surface area contributed by atoms with Gasteiger partial charge in [0.2, 0.25) is 0 Å². The average molecular weight is 307 g/mol. The average Bonchev–Trinajstić information content (AvgIpc) is 3.02. The van der Waals surface area contributed by atoms with Crippen molar-refractivity contribution in [1.29, 1.82) is 0 Å². The third-order valence-corrected chi connectivity index (χ3v) is 3.35. The summed E-state index contributed by atoms with van der Waals surface area (Å²) in [7, 11) is 1.30. The Morgan fingerprint density at radius 2 is 1.91 bits per heavy atom. The van der Waals surface area contributed by atoms with Crippen molar-refractivity contribution in [3.8, 4) is 0 Å². The number of amides is 3. The van der Waals surface area contributed by atoms with Gasteiger partial charge in [0.25, 0.3) is 0 Å². The predicted molar refractivity (Wildman–Crippen MR) is 83.1 cm³/mol. The molecule has 1 saturated heterocycles. The van der Waals surface area contributed by atoms with Crippen molar-refractivity contribution in [3.05, 3.63) is 24.3 Å². The van der Waals surface area contributed by atoms with Crippen LogP contribution in [0.25, 0.3) is 0 Å². The molecule has 1 aromatic rings. The number of urea groups is 1. The lowest BCUT2D eigenvalue weighted by atomic mass is 10.2. The van der Waals surface area contributed by atoms with Gasteiger partial charge in [0.15, 0.2) is 0 Å². The zero-order valence-electron chi connectivity index (χ0n) is 12.6. The molecule has 2 rings (SSSR count). The number of anilines is 2. The molecular weight excluding hydrogens is 286 g/mol. The fourth-order valence-electron chi connectivity index (χ4n) is 2.20. The van der Waals surface area contributed by atoms with Crippen LogP contribution in [0, 0.1) is 0 Å². The van der Waals surface area contributed by atoms with Crippen molar-refractivity contribution in [3.63, 3.8) is 0 Å². The topological polar surface area (TPSA) is 88.7 Å². The smallest absolute Gasteiger partial charge is 0.411 e. The molecule has 22 heavy (non-hydrogen) atoms. The van der Waals surface area contributed by atoms with Gasteiger partial charge in [-0.15, -0.1) is 0 Å². The van der Waals surface area contributed by atoms with E-state index in [-0.39, 0.29) is 12.1 Å². The van der Waals surface area contributed by atoms with Crippen LogP contribution in [-0.4, -0.2) is 38.5 Å². The summed E-state index contributed by atoms with van der Waals surface area (Å²) in [6.07, 6.45) is 2.73. The molecule has 7 nitrogen and oxygen atoms in total. The Hall–Kier alpha value is -2.28. The molecule has 7 heteroatoms. The number of ether oxygens (including phenoxy) is 2. The minimum atomic E-state index is -0.535. The highest BCUT2D eigenvalue weighted by molar-refractivity contribution is 5.90. The lowest BCUT2D eigenvalue weighted by Crippen LogP contribution is -2.31. The molecule has 3 amide bonds. The van der Waals surface area contributed by atoms with Crippen LogP contribution in [-0.2, 0) is 9.47 Å². The Balaban J connectivity index is 1.70. The van der Waals surface area contributed by atoms with Crippen LogP contribution >= 0.6 is 0 Å². The minimum absolute atomic E-state index is 0.258. The van der Waals surface area contributed by atoms with Gasteiger partial charge in [-0.25, -0.2) is 9.59 Å². The SMILES string of the molecule is COC(=O)Nc1ccc(NC(=O)NCC[C@H]2CCCO2)cc1. The highest BCUT2D eigenvalue weighted by atomic mass is 16.5. The summed E-state index contributed by atoms with van der Waals surface area (Å²) < 4.78 is 9.99. The molecule has 3 N–H and O–H groups in total. The number of carbonyl (C=O) groups excluding carboxylic acids is 2. The molecule has 0 saturated carbocycles. The van der Waals surface area contributed by atoms with Gasteiger partial charge in [0, 0.05) is 24.5 Å². The monoisotopic (exact) mass is 307 g/mol. The van der Waals surface area contributed by atoms with E-state index in [1.165, 1.54) is 7.11 Å². The first kappa shape index (κ1) is 16.1. The summed E-state index contributed by atoms with van der Waals surface area (Å²) in [5.41, 5.74) is 1.24. The summed E-state index contributed by atoms with van der Waals surface area (Å²) in [4.78, 5) is 22.8. The van der Waals surface area contributed by atoms with E-state index in [0.29, 0.717) is 17.9 Å². The van der Waals surface area contributed by atoms with Gasteiger partial charge in [0.05, 0.1) is 13.2 Å². The van der Waals surface area contributed by atoms with Crippen LogP contribution in [0.3, 0.4) is 0 Å². The minimum Gasteiger partial charge on any atom is -0.453 e. The van der Waals surface area contributed by atoms with Crippen LogP contribution < -0.4 is 16.0 Å². The molecule has 1 heterocycles. The summed E-state index contributed by atoms with van der Waals surface area (Å²) in [6.45, 7) is 1.40. The van der Waals surface area contributed by atoms with E-state index < -0.39 is 6.09 Å². The summed E-state index contributed by atoms with van der Waals surface area (Å²) in [5, 5.41) is 8.06. The van der Waals surface area contributed by atoms with Gasteiger partial charge in [-0.2, -0.15) is 0 Å². The van der Waals surface area contributed by atoms with E-state index >= 15 is 0 Å². The van der Waals surface area contributed by atoms with Crippen molar-refractivity contribution in [2.45, 2.75) is 25.4 Å². The van der Waals surface area contributed by atoms with Crippen molar-refractivity contribution in [1.82, 2.24) is 5.32 Å². The summed E-state index contributed by atoms with van der Waals surface area (Å²) >= 11 is 0. The second-order valence-corrected chi connectivity index (χ2v) is 5.00. The van der Waals surface area contributed by atoms with Crippen LogP contribution in [0.1, 0.15) is 19.3 Å². The van der Waals surface area contributed by atoms with Crippen molar-refractivity contribution in [2.24, 2.45) is 0 Å². The molecular formula is C15H21N3O4. The molecule has 1 aliphatic heterocycles. The number of nitrogens with one attached hydrogen (secondary N) is 3. The third kappa shape index (κ3) is 5.25. The standard InChI is InChI=1S/C15H21N3O4/c1-21-15(20)18-12-6-4-11(5-7-12)17-14(19)16-9-8-13-3-2-10-22-13/h4-7,13H,2-3,8-10H2,1H3,(H,18,20)(H2,16,17,19)/t13-/m1/s1. The van der Waals surface area contributed by atoms with Crippen LogP contribution in [0.2, 0.25) is 0 Å².